The Kier molecular flexibility index (Phi) is 4.25. The predicted octanol–water partition coefficient (Wildman–Crippen LogP) is 3.66. The molecule has 0 bridgehead atoms. The first-order chi connectivity index (χ1) is 7.79. The summed E-state index contributed by atoms with van der Waals surface area (Å²) in [5, 5.41) is 4.50. The molecule has 0 aromatic heterocycles. The van der Waals surface area contributed by atoms with E-state index in [4.69, 9.17) is 11.6 Å². The Hall–Kier alpha value is -0.530. The van der Waals surface area contributed by atoms with Crippen molar-refractivity contribution in [3.63, 3.8) is 0 Å². The maximum absolute atomic E-state index is 5.95. The van der Waals surface area contributed by atoms with Gasteiger partial charge in [-0.3, -0.25) is 0 Å². The standard InChI is InChI=1S/C14H20ClN/c1-2-14(12-6-7-12)16-9-8-11-4-3-5-13(15)10-11/h3-5,10,12,14,16H,2,6-9H2,1H3. The Morgan fingerprint density at radius 2 is 2.25 bits per heavy atom. The van der Waals surface area contributed by atoms with Crippen molar-refractivity contribution in [3.8, 4) is 0 Å². The topological polar surface area (TPSA) is 12.0 Å². The minimum Gasteiger partial charge on any atom is -0.313 e. The zero-order valence-corrected chi connectivity index (χ0v) is 10.6. The second-order valence-corrected chi connectivity index (χ2v) is 5.12. The smallest absolute Gasteiger partial charge is 0.0408 e. The summed E-state index contributed by atoms with van der Waals surface area (Å²) >= 11 is 5.95. The van der Waals surface area contributed by atoms with Crippen molar-refractivity contribution in [2.75, 3.05) is 6.54 Å². The van der Waals surface area contributed by atoms with Crippen LogP contribution in [0.4, 0.5) is 0 Å². The Bertz CT molecular complexity index is 333. The van der Waals surface area contributed by atoms with Gasteiger partial charge in [0.15, 0.2) is 0 Å². The van der Waals surface area contributed by atoms with E-state index < -0.39 is 0 Å². The van der Waals surface area contributed by atoms with Crippen molar-refractivity contribution in [2.45, 2.75) is 38.6 Å². The first kappa shape index (κ1) is 11.9. The van der Waals surface area contributed by atoms with Crippen molar-refractivity contribution in [1.29, 1.82) is 0 Å². The van der Waals surface area contributed by atoms with E-state index in [0.29, 0.717) is 0 Å². The molecule has 0 heterocycles. The number of nitrogens with one attached hydrogen (secondary N) is 1. The lowest BCUT2D eigenvalue weighted by Crippen LogP contribution is -2.32. The molecule has 1 aliphatic rings. The molecule has 16 heavy (non-hydrogen) atoms. The molecule has 2 rings (SSSR count). The zero-order valence-electron chi connectivity index (χ0n) is 9.88. The Morgan fingerprint density at radius 3 is 2.88 bits per heavy atom. The molecule has 1 fully saturated rings. The third-order valence-electron chi connectivity index (χ3n) is 3.34. The van der Waals surface area contributed by atoms with Crippen LogP contribution in [0.1, 0.15) is 31.7 Å². The molecule has 1 aromatic carbocycles. The quantitative estimate of drug-likeness (QED) is 0.796. The van der Waals surface area contributed by atoms with Gasteiger partial charge in [0.25, 0.3) is 0 Å². The van der Waals surface area contributed by atoms with Crippen LogP contribution in [0, 0.1) is 5.92 Å². The van der Waals surface area contributed by atoms with Crippen LogP contribution in [0.3, 0.4) is 0 Å². The Morgan fingerprint density at radius 1 is 1.44 bits per heavy atom. The third-order valence-corrected chi connectivity index (χ3v) is 3.58. The van der Waals surface area contributed by atoms with E-state index >= 15 is 0 Å². The second kappa shape index (κ2) is 5.70. The maximum atomic E-state index is 5.95. The normalized spacial score (nSPS) is 17.4. The van der Waals surface area contributed by atoms with Gasteiger partial charge in [0.2, 0.25) is 0 Å². The first-order valence-corrected chi connectivity index (χ1v) is 6.65. The van der Waals surface area contributed by atoms with Crippen LogP contribution in [-0.2, 0) is 6.42 Å². The lowest BCUT2D eigenvalue weighted by molar-refractivity contribution is 0.453. The van der Waals surface area contributed by atoms with Crippen molar-refractivity contribution in [1.82, 2.24) is 5.32 Å². The van der Waals surface area contributed by atoms with E-state index in [9.17, 15) is 0 Å². The van der Waals surface area contributed by atoms with Crippen LogP contribution in [0.5, 0.6) is 0 Å². The fourth-order valence-corrected chi connectivity index (χ4v) is 2.45. The molecule has 0 radical (unpaired) electrons. The predicted molar refractivity (Wildman–Crippen MR) is 70.0 cm³/mol. The van der Waals surface area contributed by atoms with Gasteiger partial charge in [0.1, 0.15) is 0 Å². The first-order valence-electron chi connectivity index (χ1n) is 6.27. The maximum Gasteiger partial charge on any atom is 0.0408 e. The molecule has 1 atom stereocenters. The average molecular weight is 238 g/mol. The number of hydrogen-bond donors (Lipinski definition) is 1. The molecule has 1 unspecified atom stereocenters. The van der Waals surface area contributed by atoms with Crippen molar-refractivity contribution >= 4 is 11.6 Å². The molecule has 1 aliphatic carbocycles. The summed E-state index contributed by atoms with van der Waals surface area (Å²) in [7, 11) is 0. The molecule has 1 saturated carbocycles. The van der Waals surface area contributed by atoms with Crippen molar-refractivity contribution in [3.05, 3.63) is 34.9 Å². The van der Waals surface area contributed by atoms with Crippen LogP contribution >= 0.6 is 11.6 Å². The molecule has 0 spiro atoms. The summed E-state index contributed by atoms with van der Waals surface area (Å²) in [6.45, 7) is 3.34. The van der Waals surface area contributed by atoms with E-state index in [1.807, 2.05) is 12.1 Å². The molecule has 1 aromatic rings. The highest BCUT2D eigenvalue weighted by Gasteiger charge is 2.29. The van der Waals surface area contributed by atoms with Gasteiger partial charge >= 0.3 is 0 Å². The molecule has 1 nitrogen and oxygen atoms in total. The van der Waals surface area contributed by atoms with Crippen molar-refractivity contribution in [2.24, 2.45) is 5.92 Å². The minimum atomic E-state index is 0.735. The van der Waals surface area contributed by atoms with E-state index in [2.05, 4.69) is 24.4 Å². The fourth-order valence-electron chi connectivity index (χ4n) is 2.24. The molecular weight excluding hydrogens is 218 g/mol. The zero-order chi connectivity index (χ0) is 11.4. The van der Waals surface area contributed by atoms with Gasteiger partial charge in [-0.25, -0.2) is 0 Å². The Balaban J connectivity index is 1.74. The lowest BCUT2D eigenvalue weighted by Gasteiger charge is -2.15. The highest BCUT2D eigenvalue weighted by molar-refractivity contribution is 6.30. The summed E-state index contributed by atoms with van der Waals surface area (Å²) in [6.07, 6.45) is 5.16. The molecule has 88 valence electrons. The van der Waals surface area contributed by atoms with Crippen LogP contribution < -0.4 is 5.32 Å². The SMILES string of the molecule is CCC(NCCc1cccc(Cl)c1)C1CC1. The molecular formula is C14H20ClN. The highest BCUT2D eigenvalue weighted by Crippen LogP contribution is 2.33. The second-order valence-electron chi connectivity index (χ2n) is 4.69. The van der Waals surface area contributed by atoms with Crippen LogP contribution in [0.15, 0.2) is 24.3 Å². The summed E-state index contributed by atoms with van der Waals surface area (Å²) in [5.74, 6) is 0.948. The van der Waals surface area contributed by atoms with Gasteiger partial charge in [0, 0.05) is 11.1 Å². The molecule has 0 saturated heterocycles. The lowest BCUT2D eigenvalue weighted by atomic mass is 10.1. The van der Waals surface area contributed by atoms with Gasteiger partial charge in [-0.05, 0) is 55.8 Å². The summed E-state index contributed by atoms with van der Waals surface area (Å²) in [4.78, 5) is 0. The Labute approximate surface area is 103 Å². The average Bonchev–Trinajstić information content (AvgIpc) is 3.08. The number of rotatable bonds is 6. The number of halogens is 1. The van der Waals surface area contributed by atoms with Gasteiger partial charge in [-0.2, -0.15) is 0 Å². The number of hydrogen-bond acceptors (Lipinski definition) is 1. The molecule has 1 N–H and O–H groups in total. The van der Waals surface area contributed by atoms with Gasteiger partial charge < -0.3 is 5.32 Å². The van der Waals surface area contributed by atoms with Gasteiger partial charge in [0.05, 0.1) is 0 Å². The van der Waals surface area contributed by atoms with Crippen LogP contribution in [0.2, 0.25) is 5.02 Å². The van der Waals surface area contributed by atoms with Gasteiger partial charge in [-0.1, -0.05) is 30.7 Å². The minimum absolute atomic E-state index is 0.735. The van der Waals surface area contributed by atoms with Crippen molar-refractivity contribution < 1.29 is 0 Å². The highest BCUT2D eigenvalue weighted by atomic mass is 35.5. The summed E-state index contributed by atoms with van der Waals surface area (Å²) < 4.78 is 0. The fraction of sp³-hybridized carbons (Fsp3) is 0.571. The van der Waals surface area contributed by atoms with E-state index in [1.165, 1.54) is 24.8 Å². The van der Waals surface area contributed by atoms with E-state index in [0.717, 1.165) is 29.9 Å². The third kappa shape index (κ3) is 3.50. The van der Waals surface area contributed by atoms with Crippen LogP contribution in [0.25, 0.3) is 0 Å². The summed E-state index contributed by atoms with van der Waals surface area (Å²) in [6, 6.07) is 8.89. The molecule has 0 aliphatic heterocycles. The molecule has 0 amide bonds. The van der Waals surface area contributed by atoms with Gasteiger partial charge in [-0.15, -0.1) is 0 Å². The number of benzene rings is 1. The monoisotopic (exact) mass is 237 g/mol. The van der Waals surface area contributed by atoms with E-state index in [-0.39, 0.29) is 0 Å². The largest absolute Gasteiger partial charge is 0.313 e. The summed E-state index contributed by atoms with van der Waals surface area (Å²) in [5.41, 5.74) is 1.32. The molecule has 2 heteroatoms. The van der Waals surface area contributed by atoms with Crippen LogP contribution in [-0.4, -0.2) is 12.6 Å². The van der Waals surface area contributed by atoms with E-state index in [1.54, 1.807) is 0 Å².